The third-order valence-electron chi connectivity index (χ3n) is 5.79. The van der Waals surface area contributed by atoms with Crippen LogP contribution in [-0.2, 0) is 0 Å². The van der Waals surface area contributed by atoms with Gasteiger partial charge in [0.05, 0.1) is 22.3 Å². The van der Waals surface area contributed by atoms with Crippen molar-refractivity contribution < 1.29 is 39.6 Å². The number of fused-ring (bicyclic) bond motifs is 2. The standard InChI is InChI=1S/C24H12O8/c25-21(26)12-5-4-9-2-1-3-10-14-8-15(23(29)30)18(24(31)32)11-6-7-13(22(27)28)20(17(11)14)19(12)16(9)10/h1-8H,(H,25,26)(H,27,28)(H,29,30)(H,31,32). The summed E-state index contributed by atoms with van der Waals surface area (Å²) in [4.78, 5) is 48.1. The van der Waals surface area contributed by atoms with Gasteiger partial charge in [-0.25, -0.2) is 19.2 Å². The van der Waals surface area contributed by atoms with Crippen molar-refractivity contribution >= 4 is 67.0 Å². The van der Waals surface area contributed by atoms with Crippen LogP contribution >= 0.6 is 0 Å². The molecule has 0 bridgehead atoms. The number of carboxylic acid groups (broad SMARTS) is 4. The molecule has 0 amide bonds. The highest BCUT2D eigenvalue weighted by atomic mass is 16.4. The lowest BCUT2D eigenvalue weighted by atomic mass is 9.83. The smallest absolute Gasteiger partial charge is 0.337 e. The number of carbonyl (C=O) groups is 4. The van der Waals surface area contributed by atoms with Gasteiger partial charge in [-0.2, -0.15) is 0 Å². The maximum absolute atomic E-state index is 12.1. The second kappa shape index (κ2) is 6.39. The molecule has 0 heterocycles. The summed E-state index contributed by atoms with van der Waals surface area (Å²) in [6.45, 7) is 0. The molecule has 0 aliphatic carbocycles. The van der Waals surface area contributed by atoms with Crippen LogP contribution in [0.1, 0.15) is 41.4 Å². The molecule has 0 radical (unpaired) electrons. The largest absolute Gasteiger partial charge is 0.478 e. The number of rotatable bonds is 4. The molecule has 0 aromatic heterocycles. The van der Waals surface area contributed by atoms with Crippen molar-refractivity contribution in [2.75, 3.05) is 0 Å². The van der Waals surface area contributed by atoms with Gasteiger partial charge in [-0.05, 0) is 50.5 Å². The summed E-state index contributed by atoms with van der Waals surface area (Å²) in [5, 5.41) is 41.6. The molecule has 0 spiro atoms. The van der Waals surface area contributed by atoms with Crippen molar-refractivity contribution in [1.29, 1.82) is 0 Å². The van der Waals surface area contributed by atoms with Gasteiger partial charge in [-0.3, -0.25) is 0 Å². The molecule has 5 aromatic carbocycles. The van der Waals surface area contributed by atoms with Crippen LogP contribution in [0.4, 0.5) is 0 Å². The molecule has 8 heteroatoms. The molecule has 5 aromatic rings. The molecule has 0 saturated carbocycles. The van der Waals surface area contributed by atoms with Gasteiger partial charge >= 0.3 is 23.9 Å². The summed E-state index contributed by atoms with van der Waals surface area (Å²) < 4.78 is 0. The summed E-state index contributed by atoms with van der Waals surface area (Å²) >= 11 is 0. The summed E-state index contributed by atoms with van der Waals surface area (Å²) in [6, 6.07) is 11.8. The third-order valence-corrected chi connectivity index (χ3v) is 5.79. The molecular weight excluding hydrogens is 416 g/mol. The fraction of sp³-hybridized carbons (Fsp3) is 0. The van der Waals surface area contributed by atoms with E-state index in [0.717, 1.165) is 0 Å². The van der Waals surface area contributed by atoms with Crippen molar-refractivity contribution in [3.63, 3.8) is 0 Å². The van der Waals surface area contributed by atoms with Gasteiger partial charge < -0.3 is 20.4 Å². The lowest BCUT2D eigenvalue weighted by Gasteiger charge is -2.19. The zero-order valence-corrected chi connectivity index (χ0v) is 16.0. The summed E-state index contributed by atoms with van der Waals surface area (Å²) in [6.07, 6.45) is 0. The van der Waals surface area contributed by atoms with E-state index in [0.29, 0.717) is 21.5 Å². The first-order valence-electron chi connectivity index (χ1n) is 9.35. The van der Waals surface area contributed by atoms with E-state index in [4.69, 9.17) is 0 Å². The Morgan fingerprint density at radius 1 is 0.500 bits per heavy atom. The molecule has 5 rings (SSSR count). The van der Waals surface area contributed by atoms with Gasteiger partial charge in [0.2, 0.25) is 0 Å². The fourth-order valence-electron chi connectivity index (χ4n) is 4.62. The summed E-state index contributed by atoms with van der Waals surface area (Å²) in [5.41, 5.74) is -1.27. The highest BCUT2D eigenvalue weighted by molar-refractivity contribution is 6.39. The van der Waals surface area contributed by atoms with Crippen LogP contribution in [0.5, 0.6) is 0 Å². The molecule has 0 atom stereocenters. The molecule has 0 fully saturated rings. The predicted molar refractivity (Wildman–Crippen MR) is 115 cm³/mol. The van der Waals surface area contributed by atoms with Crippen LogP contribution in [0, 0.1) is 0 Å². The quantitative estimate of drug-likeness (QED) is 0.241. The van der Waals surface area contributed by atoms with E-state index in [-0.39, 0.29) is 32.7 Å². The van der Waals surface area contributed by atoms with Crippen LogP contribution in [0.3, 0.4) is 0 Å². The molecular formula is C24H12O8. The van der Waals surface area contributed by atoms with Crippen LogP contribution in [0.25, 0.3) is 43.1 Å². The van der Waals surface area contributed by atoms with E-state index in [1.165, 1.54) is 24.3 Å². The van der Waals surface area contributed by atoms with E-state index in [9.17, 15) is 39.6 Å². The van der Waals surface area contributed by atoms with Crippen LogP contribution < -0.4 is 0 Å². The Hall–Kier alpha value is -4.72. The number of hydrogen-bond donors (Lipinski definition) is 4. The van der Waals surface area contributed by atoms with Gasteiger partial charge in [0.1, 0.15) is 0 Å². The van der Waals surface area contributed by atoms with Gasteiger partial charge in [-0.1, -0.05) is 30.3 Å². The minimum absolute atomic E-state index is 0.0234. The minimum atomic E-state index is -1.49. The van der Waals surface area contributed by atoms with E-state index in [1.807, 2.05) is 0 Å². The SMILES string of the molecule is O=C(O)c1cc2c3cccc4ccc(C(=O)O)c(c5c(C(=O)O)ccc(c1C(=O)O)c25)c43. The minimum Gasteiger partial charge on any atom is -0.478 e. The van der Waals surface area contributed by atoms with Crippen molar-refractivity contribution in [2.24, 2.45) is 0 Å². The monoisotopic (exact) mass is 428 g/mol. The Bertz CT molecular complexity index is 1680. The van der Waals surface area contributed by atoms with E-state index < -0.39 is 35.0 Å². The maximum Gasteiger partial charge on any atom is 0.337 e. The molecule has 0 aliphatic heterocycles. The number of hydrogen-bond acceptors (Lipinski definition) is 4. The van der Waals surface area contributed by atoms with Crippen molar-refractivity contribution in [2.45, 2.75) is 0 Å². The Kier molecular flexibility index (Phi) is 3.84. The number of benzene rings is 5. The first kappa shape index (κ1) is 19.3. The van der Waals surface area contributed by atoms with Gasteiger partial charge in [0, 0.05) is 10.8 Å². The zero-order valence-electron chi connectivity index (χ0n) is 16.0. The third kappa shape index (κ3) is 2.37. The van der Waals surface area contributed by atoms with Crippen LogP contribution in [0.15, 0.2) is 48.5 Å². The zero-order chi connectivity index (χ0) is 22.9. The lowest BCUT2D eigenvalue weighted by molar-refractivity contribution is 0.0653. The summed E-state index contributed by atoms with van der Waals surface area (Å²) in [7, 11) is 0. The Balaban J connectivity index is 2.28. The van der Waals surface area contributed by atoms with E-state index >= 15 is 0 Å². The second-order valence-electron chi connectivity index (χ2n) is 7.37. The van der Waals surface area contributed by atoms with Crippen LogP contribution in [-0.4, -0.2) is 44.3 Å². The lowest BCUT2D eigenvalue weighted by Crippen LogP contribution is -2.11. The predicted octanol–water partition coefficient (Wildman–Crippen LogP) is 4.53. The number of aromatic carboxylic acids is 4. The van der Waals surface area contributed by atoms with Crippen molar-refractivity contribution in [3.05, 3.63) is 70.8 Å². The molecule has 156 valence electrons. The van der Waals surface area contributed by atoms with Crippen molar-refractivity contribution in [1.82, 2.24) is 0 Å². The average molecular weight is 428 g/mol. The Morgan fingerprint density at radius 2 is 1.09 bits per heavy atom. The Labute approximate surface area is 177 Å². The molecule has 32 heavy (non-hydrogen) atoms. The fourth-order valence-corrected chi connectivity index (χ4v) is 4.62. The topological polar surface area (TPSA) is 149 Å². The van der Waals surface area contributed by atoms with Gasteiger partial charge in [0.15, 0.2) is 0 Å². The first-order chi connectivity index (χ1) is 15.2. The van der Waals surface area contributed by atoms with Gasteiger partial charge in [-0.15, -0.1) is 0 Å². The molecule has 0 saturated heterocycles. The van der Waals surface area contributed by atoms with Crippen LogP contribution in [0.2, 0.25) is 0 Å². The average Bonchev–Trinajstić information content (AvgIpc) is 2.75. The van der Waals surface area contributed by atoms with E-state index in [1.54, 1.807) is 24.3 Å². The maximum atomic E-state index is 12.1. The molecule has 8 nitrogen and oxygen atoms in total. The van der Waals surface area contributed by atoms with Gasteiger partial charge in [0.25, 0.3) is 0 Å². The van der Waals surface area contributed by atoms with Crippen molar-refractivity contribution in [3.8, 4) is 0 Å². The van der Waals surface area contributed by atoms with E-state index in [2.05, 4.69) is 0 Å². The Morgan fingerprint density at radius 3 is 1.69 bits per heavy atom. The molecule has 0 aliphatic rings. The second-order valence-corrected chi connectivity index (χ2v) is 7.37. The number of carboxylic acids is 4. The summed E-state index contributed by atoms with van der Waals surface area (Å²) in [5.74, 6) is -5.52. The molecule has 0 unspecified atom stereocenters. The molecule has 4 N–H and O–H groups in total. The first-order valence-corrected chi connectivity index (χ1v) is 9.35. The highest BCUT2D eigenvalue weighted by Crippen LogP contribution is 2.44. The highest BCUT2D eigenvalue weighted by Gasteiger charge is 2.27. The normalized spacial score (nSPS) is 11.5.